The number of esters is 1. The van der Waals surface area contributed by atoms with Gasteiger partial charge in [-0.05, 0) is 34.6 Å². The molecular weight excluding hydrogens is 271 g/mol. The number of ether oxygens (including phenoxy) is 1. The Labute approximate surface area is 113 Å². The SMILES string of the molecule is CCOP(=O)(OCC)C(=[N+]=NC)C(=O)OC(C)(C)C. The van der Waals surface area contributed by atoms with Gasteiger partial charge < -0.3 is 13.8 Å². The summed E-state index contributed by atoms with van der Waals surface area (Å²) >= 11 is 0. The number of carbonyl (C=O) groups is 1. The Bertz CT molecular complexity index is 411. The van der Waals surface area contributed by atoms with E-state index in [1.54, 1.807) is 34.6 Å². The molecular formula is C11H22N2O5P+. The molecule has 0 N–H and O–H groups in total. The first-order valence-corrected chi connectivity index (χ1v) is 7.54. The molecule has 0 rings (SSSR count). The monoisotopic (exact) mass is 293 g/mol. The third-order valence-corrected chi connectivity index (χ3v) is 3.62. The van der Waals surface area contributed by atoms with Gasteiger partial charge in [-0.2, -0.15) is 0 Å². The fourth-order valence-electron chi connectivity index (χ4n) is 1.13. The minimum atomic E-state index is -3.81. The summed E-state index contributed by atoms with van der Waals surface area (Å²) in [7, 11) is -2.45. The summed E-state index contributed by atoms with van der Waals surface area (Å²) < 4.78 is 27.7. The molecule has 0 amide bonds. The molecule has 0 saturated heterocycles. The van der Waals surface area contributed by atoms with Crippen molar-refractivity contribution in [3.63, 3.8) is 0 Å². The molecule has 0 bridgehead atoms. The van der Waals surface area contributed by atoms with Crippen molar-refractivity contribution < 1.29 is 27.9 Å². The first-order chi connectivity index (χ1) is 8.70. The lowest BCUT2D eigenvalue weighted by Crippen LogP contribution is -2.30. The molecule has 0 radical (unpaired) electrons. The molecule has 8 heteroatoms. The molecule has 0 spiro atoms. The molecule has 0 heterocycles. The highest BCUT2D eigenvalue weighted by Crippen LogP contribution is 2.49. The summed E-state index contributed by atoms with van der Waals surface area (Å²) in [4.78, 5) is 15.6. The van der Waals surface area contributed by atoms with Gasteiger partial charge in [0.05, 0.1) is 23.1 Å². The van der Waals surface area contributed by atoms with E-state index in [1.807, 2.05) is 0 Å². The van der Waals surface area contributed by atoms with Crippen LogP contribution in [0.15, 0.2) is 5.11 Å². The number of hydrogen-bond donors (Lipinski definition) is 0. The Balaban J connectivity index is 5.48. The van der Waals surface area contributed by atoms with Crippen LogP contribution in [0.5, 0.6) is 0 Å². The Morgan fingerprint density at radius 1 is 1.21 bits per heavy atom. The zero-order valence-electron chi connectivity index (χ0n) is 12.3. The van der Waals surface area contributed by atoms with Gasteiger partial charge in [0.25, 0.3) is 0 Å². The fraction of sp³-hybridized carbons (Fsp3) is 0.818. The smallest absolute Gasteiger partial charge is 0.451 e. The maximum Gasteiger partial charge on any atom is 0.533 e. The van der Waals surface area contributed by atoms with Crippen molar-refractivity contribution in [2.24, 2.45) is 5.11 Å². The van der Waals surface area contributed by atoms with Crippen LogP contribution < -0.4 is 0 Å². The van der Waals surface area contributed by atoms with Gasteiger partial charge in [0.15, 0.2) is 0 Å². The fourth-order valence-corrected chi connectivity index (χ4v) is 2.59. The minimum absolute atomic E-state index is 0.114. The molecule has 110 valence electrons. The van der Waals surface area contributed by atoms with Crippen molar-refractivity contribution in [1.82, 2.24) is 0 Å². The van der Waals surface area contributed by atoms with E-state index in [1.165, 1.54) is 7.05 Å². The second-order valence-corrected chi connectivity index (χ2v) is 6.39. The van der Waals surface area contributed by atoms with Gasteiger partial charge in [0.1, 0.15) is 12.6 Å². The molecule has 0 saturated carbocycles. The predicted molar refractivity (Wildman–Crippen MR) is 70.3 cm³/mol. The number of nitrogens with zero attached hydrogens (tertiary/aromatic N) is 2. The molecule has 0 unspecified atom stereocenters. The van der Waals surface area contributed by atoms with Gasteiger partial charge in [0, 0.05) is 0 Å². The summed E-state index contributed by atoms with van der Waals surface area (Å²) in [6.45, 7) is 8.59. The van der Waals surface area contributed by atoms with E-state index in [2.05, 4.69) is 9.90 Å². The summed E-state index contributed by atoms with van der Waals surface area (Å²) in [5, 5.41) is 3.47. The molecule has 0 aromatic rings. The summed E-state index contributed by atoms with van der Waals surface area (Å²) in [5.41, 5.74) is -1.18. The van der Waals surface area contributed by atoms with Crippen molar-refractivity contribution >= 4 is 19.0 Å². The first kappa shape index (κ1) is 18.0. The Kier molecular flexibility index (Phi) is 7.16. The quantitative estimate of drug-likeness (QED) is 0.246. The number of carbonyl (C=O) groups excluding carboxylic acids is 1. The van der Waals surface area contributed by atoms with Crippen LogP contribution >= 0.6 is 7.60 Å². The highest BCUT2D eigenvalue weighted by atomic mass is 31.2. The van der Waals surface area contributed by atoms with Crippen molar-refractivity contribution in [3.8, 4) is 0 Å². The van der Waals surface area contributed by atoms with Crippen molar-refractivity contribution in [3.05, 3.63) is 0 Å². The van der Waals surface area contributed by atoms with E-state index in [-0.39, 0.29) is 13.2 Å². The van der Waals surface area contributed by atoms with E-state index in [0.717, 1.165) is 0 Å². The minimum Gasteiger partial charge on any atom is -0.451 e. The van der Waals surface area contributed by atoms with Gasteiger partial charge in [-0.1, -0.05) is 0 Å². The maximum atomic E-state index is 12.5. The molecule has 7 nitrogen and oxygen atoms in total. The second kappa shape index (κ2) is 7.56. The summed E-state index contributed by atoms with van der Waals surface area (Å²) in [6.07, 6.45) is 0. The van der Waals surface area contributed by atoms with Crippen LogP contribution in [0.2, 0.25) is 0 Å². The van der Waals surface area contributed by atoms with Crippen LogP contribution in [-0.4, -0.2) is 42.1 Å². The van der Waals surface area contributed by atoms with Gasteiger partial charge >= 0.3 is 19.0 Å². The first-order valence-electron chi connectivity index (χ1n) is 6.00. The van der Waals surface area contributed by atoms with Crippen LogP contribution in [-0.2, 0) is 23.1 Å². The molecule has 0 aliphatic rings. The van der Waals surface area contributed by atoms with Crippen molar-refractivity contribution in [2.45, 2.75) is 40.2 Å². The summed E-state index contributed by atoms with van der Waals surface area (Å²) in [5.74, 6) is -0.858. The van der Waals surface area contributed by atoms with Gasteiger partial charge in [0.2, 0.25) is 0 Å². The van der Waals surface area contributed by atoms with Crippen molar-refractivity contribution in [2.75, 3.05) is 20.3 Å². The largest absolute Gasteiger partial charge is 0.533 e. The number of hydrogen-bond acceptors (Lipinski definition) is 6. The van der Waals surface area contributed by atoms with Crippen molar-refractivity contribution in [1.29, 1.82) is 0 Å². The van der Waals surface area contributed by atoms with Crippen LogP contribution in [0.3, 0.4) is 0 Å². The molecule has 0 aromatic carbocycles. The topological polar surface area (TPSA) is 88.3 Å². The van der Waals surface area contributed by atoms with E-state index in [4.69, 9.17) is 13.8 Å². The normalized spacial score (nSPS) is 11.7. The third kappa shape index (κ3) is 6.12. The van der Waals surface area contributed by atoms with Gasteiger partial charge in [-0.3, -0.25) is 0 Å². The zero-order chi connectivity index (χ0) is 15.1. The third-order valence-electron chi connectivity index (χ3n) is 1.63. The van der Waals surface area contributed by atoms with E-state index < -0.39 is 24.6 Å². The Hall–Kier alpha value is -1.00. The average molecular weight is 293 g/mol. The van der Waals surface area contributed by atoms with E-state index >= 15 is 0 Å². The highest BCUT2D eigenvalue weighted by Gasteiger charge is 2.50. The number of rotatable bonds is 6. The molecule has 19 heavy (non-hydrogen) atoms. The Morgan fingerprint density at radius 2 is 1.68 bits per heavy atom. The van der Waals surface area contributed by atoms with Gasteiger partial charge in [-0.25, -0.2) is 9.36 Å². The second-order valence-electron chi connectivity index (χ2n) is 4.46. The van der Waals surface area contributed by atoms with E-state index in [9.17, 15) is 9.36 Å². The van der Waals surface area contributed by atoms with Crippen LogP contribution in [0, 0.1) is 0 Å². The van der Waals surface area contributed by atoms with Crippen LogP contribution in [0.4, 0.5) is 0 Å². The summed E-state index contributed by atoms with van der Waals surface area (Å²) in [6, 6.07) is 0. The molecule has 0 atom stereocenters. The zero-order valence-corrected chi connectivity index (χ0v) is 13.2. The average Bonchev–Trinajstić information content (AvgIpc) is 2.23. The highest BCUT2D eigenvalue weighted by molar-refractivity contribution is 7.74. The standard InChI is InChI=1S/C11H22N2O5P/c1-7-16-19(15,17-8-2)9(13-12-6)10(14)18-11(3,4)5/h7-8H2,1-6H3/q+1. The Morgan fingerprint density at radius 3 is 2.00 bits per heavy atom. The van der Waals surface area contributed by atoms with Gasteiger partial charge in [-0.15, -0.1) is 0 Å². The van der Waals surface area contributed by atoms with Crippen LogP contribution in [0.25, 0.3) is 0 Å². The molecule has 0 aliphatic heterocycles. The van der Waals surface area contributed by atoms with E-state index in [0.29, 0.717) is 0 Å². The lowest BCUT2D eigenvalue weighted by molar-refractivity contribution is -0.154. The maximum absolute atomic E-state index is 12.5. The lowest BCUT2D eigenvalue weighted by Gasteiger charge is -2.18. The lowest BCUT2D eigenvalue weighted by atomic mass is 10.2. The van der Waals surface area contributed by atoms with Crippen LogP contribution in [0.1, 0.15) is 34.6 Å². The molecule has 0 fully saturated rings. The predicted octanol–water partition coefficient (Wildman–Crippen LogP) is 2.28. The molecule has 0 aliphatic carbocycles. The molecule has 0 aromatic heterocycles.